The van der Waals surface area contributed by atoms with Crippen molar-refractivity contribution in [3.05, 3.63) is 51.6 Å². The minimum absolute atomic E-state index is 0.308. The number of aromatic carboxylic acids is 1. The fourth-order valence-electron chi connectivity index (χ4n) is 2.69. The van der Waals surface area contributed by atoms with Gasteiger partial charge in [-0.15, -0.1) is 0 Å². The van der Waals surface area contributed by atoms with Crippen molar-refractivity contribution in [2.45, 2.75) is 25.7 Å². The topological polar surface area (TPSA) is 98.3 Å². The monoisotopic (exact) mass is 287 g/mol. The van der Waals surface area contributed by atoms with E-state index in [1.807, 2.05) is 4.57 Å². The molecule has 1 heterocycles. The first kappa shape index (κ1) is 13.3. The van der Waals surface area contributed by atoms with Crippen molar-refractivity contribution in [2.24, 2.45) is 0 Å². The standard InChI is InChI=1S/C14H13N3O4/c18-14(19)10-6-5-9(7-13(10)17(20)21)16-8-15-11-3-1-2-4-12(11)16/h5-8H,1-4H2,(H,18,19). The molecule has 0 atom stereocenters. The molecule has 1 aliphatic rings. The lowest BCUT2D eigenvalue weighted by Crippen LogP contribution is -2.08. The molecule has 1 aliphatic carbocycles. The second-order valence-corrected chi connectivity index (χ2v) is 4.98. The second-order valence-electron chi connectivity index (χ2n) is 4.98. The molecule has 0 fully saturated rings. The average molecular weight is 287 g/mol. The van der Waals surface area contributed by atoms with Crippen LogP contribution >= 0.6 is 0 Å². The van der Waals surface area contributed by atoms with Crippen molar-refractivity contribution in [3.8, 4) is 5.69 Å². The van der Waals surface area contributed by atoms with Crippen LogP contribution in [0.1, 0.15) is 34.6 Å². The van der Waals surface area contributed by atoms with Crippen molar-refractivity contribution < 1.29 is 14.8 Å². The first-order valence-corrected chi connectivity index (χ1v) is 6.65. The predicted molar refractivity (Wildman–Crippen MR) is 73.8 cm³/mol. The third-order valence-corrected chi connectivity index (χ3v) is 3.72. The third-order valence-electron chi connectivity index (χ3n) is 3.72. The molecular formula is C14H13N3O4. The van der Waals surface area contributed by atoms with Gasteiger partial charge in [0.25, 0.3) is 5.69 Å². The van der Waals surface area contributed by atoms with Crippen LogP contribution < -0.4 is 0 Å². The number of hydrogen-bond donors (Lipinski definition) is 1. The summed E-state index contributed by atoms with van der Waals surface area (Å²) in [7, 11) is 0. The van der Waals surface area contributed by atoms with Crippen LogP contribution in [0.2, 0.25) is 0 Å². The van der Waals surface area contributed by atoms with Crippen LogP contribution in [0.3, 0.4) is 0 Å². The van der Waals surface area contributed by atoms with Gasteiger partial charge in [0.05, 0.1) is 22.6 Å². The number of aromatic nitrogens is 2. The summed E-state index contributed by atoms with van der Waals surface area (Å²) in [6.07, 6.45) is 5.60. The third kappa shape index (κ3) is 2.26. The van der Waals surface area contributed by atoms with Crippen molar-refractivity contribution >= 4 is 11.7 Å². The molecule has 2 aromatic rings. The summed E-state index contributed by atoms with van der Waals surface area (Å²) in [5.41, 5.74) is 1.93. The van der Waals surface area contributed by atoms with E-state index in [1.165, 1.54) is 12.1 Å². The molecule has 0 radical (unpaired) electrons. The van der Waals surface area contributed by atoms with Crippen molar-refractivity contribution in [2.75, 3.05) is 0 Å². The fraction of sp³-hybridized carbons (Fsp3) is 0.286. The Bertz CT molecular complexity index is 736. The summed E-state index contributed by atoms with van der Waals surface area (Å²) in [5.74, 6) is -1.30. The van der Waals surface area contributed by atoms with Crippen molar-refractivity contribution in [1.29, 1.82) is 0 Å². The highest BCUT2D eigenvalue weighted by molar-refractivity contribution is 5.92. The molecular weight excluding hydrogens is 274 g/mol. The number of rotatable bonds is 3. The Balaban J connectivity index is 2.11. The Labute approximate surface area is 120 Å². The van der Waals surface area contributed by atoms with Crippen molar-refractivity contribution in [1.82, 2.24) is 9.55 Å². The smallest absolute Gasteiger partial charge is 0.342 e. The van der Waals surface area contributed by atoms with E-state index < -0.39 is 16.6 Å². The van der Waals surface area contributed by atoms with Gasteiger partial charge >= 0.3 is 5.97 Å². The maximum Gasteiger partial charge on any atom is 0.342 e. The summed E-state index contributed by atoms with van der Waals surface area (Å²) in [5, 5.41) is 20.1. The Morgan fingerprint density at radius 2 is 2.10 bits per heavy atom. The SMILES string of the molecule is O=C(O)c1ccc(-n2cnc3c2CCCC3)cc1[N+](=O)[O-]. The number of aryl methyl sites for hydroxylation is 1. The minimum Gasteiger partial charge on any atom is -0.477 e. The van der Waals surface area contributed by atoms with Crippen LogP contribution in [0.15, 0.2) is 24.5 Å². The van der Waals surface area contributed by atoms with E-state index >= 15 is 0 Å². The van der Waals surface area contributed by atoms with Gasteiger partial charge < -0.3 is 9.67 Å². The molecule has 21 heavy (non-hydrogen) atoms. The van der Waals surface area contributed by atoms with Crippen LogP contribution in [0.25, 0.3) is 5.69 Å². The molecule has 0 bridgehead atoms. The van der Waals surface area contributed by atoms with Crippen LogP contribution in [-0.4, -0.2) is 25.6 Å². The van der Waals surface area contributed by atoms with Gasteiger partial charge in [-0.3, -0.25) is 10.1 Å². The Hall–Kier alpha value is -2.70. The quantitative estimate of drug-likeness (QED) is 0.690. The molecule has 1 aromatic carbocycles. The number of nitro groups is 1. The highest BCUT2D eigenvalue weighted by Crippen LogP contribution is 2.27. The Morgan fingerprint density at radius 3 is 2.81 bits per heavy atom. The zero-order chi connectivity index (χ0) is 15.0. The van der Waals surface area contributed by atoms with Gasteiger partial charge in [-0.2, -0.15) is 0 Å². The zero-order valence-corrected chi connectivity index (χ0v) is 11.2. The molecule has 0 spiro atoms. The predicted octanol–water partition coefficient (Wildman–Crippen LogP) is 2.36. The summed E-state index contributed by atoms with van der Waals surface area (Å²) < 4.78 is 1.81. The largest absolute Gasteiger partial charge is 0.477 e. The number of imidazole rings is 1. The van der Waals surface area contributed by atoms with E-state index in [0.717, 1.165) is 37.1 Å². The van der Waals surface area contributed by atoms with E-state index in [0.29, 0.717) is 5.69 Å². The lowest BCUT2D eigenvalue weighted by Gasteiger charge is -2.14. The normalized spacial score (nSPS) is 13.7. The number of carboxylic acid groups (broad SMARTS) is 1. The van der Waals surface area contributed by atoms with Gasteiger partial charge in [-0.1, -0.05) is 0 Å². The van der Waals surface area contributed by atoms with Gasteiger partial charge in [0, 0.05) is 11.8 Å². The number of nitro benzene ring substituents is 1. The number of carbonyl (C=O) groups is 1. The maximum atomic E-state index is 11.1. The minimum atomic E-state index is -1.30. The highest BCUT2D eigenvalue weighted by Gasteiger charge is 2.22. The highest BCUT2D eigenvalue weighted by atomic mass is 16.6. The maximum absolute atomic E-state index is 11.1. The van der Waals surface area contributed by atoms with Gasteiger partial charge in [-0.05, 0) is 37.8 Å². The molecule has 0 saturated carbocycles. The number of fused-ring (bicyclic) bond motifs is 1. The molecule has 0 saturated heterocycles. The lowest BCUT2D eigenvalue weighted by molar-refractivity contribution is -0.385. The van der Waals surface area contributed by atoms with E-state index in [1.54, 1.807) is 12.4 Å². The summed E-state index contributed by atoms with van der Waals surface area (Å²) >= 11 is 0. The van der Waals surface area contributed by atoms with Gasteiger partial charge in [0.1, 0.15) is 5.56 Å². The summed E-state index contributed by atoms with van der Waals surface area (Å²) in [6, 6.07) is 4.14. The zero-order valence-electron chi connectivity index (χ0n) is 11.2. The molecule has 7 heteroatoms. The Morgan fingerprint density at radius 1 is 1.33 bits per heavy atom. The summed E-state index contributed by atoms with van der Waals surface area (Å²) in [4.78, 5) is 25.8. The first-order valence-electron chi connectivity index (χ1n) is 6.65. The van der Waals surface area contributed by atoms with Gasteiger partial charge in [0.15, 0.2) is 0 Å². The van der Waals surface area contributed by atoms with Crippen LogP contribution in [0.5, 0.6) is 0 Å². The molecule has 7 nitrogen and oxygen atoms in total. The van der Waals surface area contributed by atoms with Crippen LogP contribution in [0, 0.1) is 10.1 Å². The average Bonchev–Trinajstić information content (AvgIpc) is 2.90. The van der Waals surface area contributed by atoms with E-state index in [-0.39, 0.29) is 5.56 Å². The van der Waals surface area contributed by atoms with E-state index in [2.05, 4.69) is 4.98 Å². The molecule has 0 aliphatic heterocycles. The van der Waals surface area contributed by atoms with Gasteiger partial charge in [-0.25, -0.2) is 9.78 Å². The molecule has 3 rings (SSSR count). The van der Waals surface area contributed by atoms with Crippen LogP contribution in [0.4, 0.5) is 5.69 Å². The first-order chi connectivity index (χ1) is 10.1. The van der Waals surface area contributed by atoms with Crippen molar-refractivity contribution in [3.63, 3.8) is 0 Å². The number of hydrogen-bond acceptors (Lipinski definition) is 4. The summed E-state index contributed by atoms with van der Waals surface area (Å²) in [6.45, 7) is 0. The van der Waals surface area contributed by atoms with E-state index in [9.17, 15) is 14.9 Å². The fourth-order valence-corrected chi connectivity index (χ4v) is 2.69. The number of nitrogens with zero attached hydrogens (tertiary/aromatic N) is 3. The number of carboxylic acids is 1. The number of benzene rings is 1. The second kappa shape index (κ2) is 5.01. The molecule has 1 N–H and O–H groups in total. The molecule has 0 unspecified atom stereocenters. The lowest BCUT2D eigenvalue weighted by atomic mass is 10.0. The Kier molecular flexibility index (Phi) is 3.17. The molecule has 0 amide bonds. The van der Waals surface area contributed by atoms with E-state index in [4.69, 9.17) is 5.11 Å². The molecule has 1 aromatic heterocycles. The molecule has 108 valence electrons. The van der Waals surface area contributed by atoms with Gasteiger partial charge in [0.2, 0.25) is 0 Å². The van der Waals surface area contributed by atoms with Crippen LogP contribution in [-0.2, 0) is 12.8 Å².